The Bertz CT molecular complexity index is 926. The summed E-state index contributed by atoms with van der Waals surface area (Å²) in [6.07, 6.45) is 0.407. The first-order chi connectivity index (χ1) is 11.8. The number of amides is 1. The third-order valence-electron chi connectivity index (χ3n) is 4.05. The van der Waals surface area contributed by atoms with E-state index in [2.05, 4.69) is 5.32 Å². The molecule has 0 saturated carbocycles. The van der Waals surface area contributed by atoms with Gasteiger partial charge in [-0.05, 0) is 42.8 Å². The van der Waals surface area contributed by atoms with Gasteiger partial charge in [-0.15, -0.1) is 11.8 Å². The zero-order valence-corrected chi connectivity index (χ0v) is 15.9. The maximum absolute atomic E-state index is 13.0. The molecule has 1 amide bonds. The number of thioether (sulfide) groups is 1. The van der Waals surface area contributed by atoms with Gasteiger partial charge in [0.25, 0.3) is 10.0 Å². The minimum absolute atomic E-state index is 0.0969. The Kier molecular flexibility index (Phi) is 4.79. The van der Waals surface area contributed by atoms with E-state index in [0.717, 1.165) is 10.5 Å². The number of nitrogens with zero attached hydrogens (tertiary/aromatic N) is 1. The number of aryl methyl sites for hydroxylation is 1. The molecule has 25 heavy (non-hydrogen) atoms. The number of hydrogen-bond donors (Lipinski definition) is 1. The molecular weight excluding hydrogens is 356 g/mol. The van der Waals surface area contributed by atoms with Gasteiger partial charge in [0.15, 0.2) is 0 Å². The van der Waals surface area contributed by atoms with Crippen LogP contribution < -0.4 is 9.62 Å². The number of nitrogens with one attached hydrogen (secondary N) is 1. The van der Waals surface area contributed by atoms with Crippen molar-refractivity contribution in [1.29, 1.82) is 0 Å². The molecule has 2 aromatic carbocycles. The lowest BCUT2D eigenvalue weighted by atomic mass is 10.2. The monoisotopic (exact) mass is 376 g/mol. The first kappa shape index (κ1) is 17.8. The van der Waals surface area contributed by atoms with Crippen molar-refractivity contribution in [2.45, 2.75) is 35.3 Å². The summed E-state index contributed by atoms with van der Waals surface area (Å²) in [4.78, 5) is 13.0. The van der Waals surface area contributed by atoms with Gasteiger partial charge in [0.2, 0.25) is 5.91 Å². The molecule has 7 heteroatoms. The third-order valence-corrected chi connectivity index (χ3v) is 7.01. The Morgan fingerprint density at radius 2 is 1.96 bits per heavy atom. The predicted molar refractivity (Wildman–Crippen MR) is 102 cm³/mol. The van der Waals surface area contributed by atoms with Gasteiger partial charge < -0.3 is 5.32 Å². The fourth-order valence-corrected chi connectivity index (χ4v) is 4.98. The largest absolute Gasteiger partial charge is 0.325 e. The average Bonchev–Trinajstić information content (AvgIpc) is 2.69. The molecule has 0 aromatic heterocycles. The van der Waals surface area contributed by atoms with Gasteiger partial charge in [0, 0.05) is 23.6 Å². The second-order valence-corrected chi connectivity index (χ2v) is 9.60. The van der Waals surface area contributed by atoms with Crippen LogP contribution in [0.25, 0.3) is 0 Å². The van der Waals surface area contributed by atoms with E-state index in [4.69, 9.17) is 0 Å². The van der Waals surface area contributed by atoms with E-state index < -0.39 is 10.0 Å². The summed E-state index contributed by atoms with van der Waals surface area (Å²) in [5.41, 5.74) is 2.14. The van der Waals surface area contributed by atoms with Crippen molar-refractivity contribution in [3.8, 4) is 0 Å². The van der Waals surface area contributed by atoms with Crippen LogP contribution in [-0.4, -0.2) is 26.6 Å². The summed E-state index contributed by atoms with van der Waals surface area (Å²) in [7, 11) is -2.18. The highest BCUT2D eigenvalue weighted by Crippen LogP contribution is 2.37. The maximum Gasteiger partial charge on any atom is 0.264 e. The lowest BCUT2D eigenvalue weighted by Crippen LogP contribution is -2.26. The predicted octanol–water partition coefficient (Wildman–Crippen LogP) is 3.64. The third kappa shape index (κ3) is 3.67. The van der Waals surface area contributed by atoms with Crippen molar-refractivity contribution in [1.82, 2.24) is 0 Å². The van der Waals surface area contributed by atoms with E-state index in [0.29, 0.717) is 17.8 Å². The van der Waals surface area contributed by atoms with E-state index >= 15 is 0 Å². The Morgan fingerprint density at radius 1 is 1.20 bits per heavy atom. The van der Waals surface area contributed by atoms with Crippen LogP contribution in [0.4, 0.5) is 11.4 Å². The van der Waals surface area contributed by atoms with Gasteiger partial charge >= 0.3 is 0 Å². The molecule has 2 aromatic rings. The zero-order valence-electron chi connectivity index (χ0n) is 14.3. The summed E-state index contributed by atoms with van der Waals surface area (Å²) in [6.45, 7) is 3.90. The van der Waals surface area contributed by atoms with Crippen molar-refractivity contribution < 1.29 is 13.2 Å². The van der Waals surface area contributed by atoms with Gasteiger partial charge in [-0.25, -0.2) is 8.42 Å². The normalized spacial score (nSPS) is 17.4. The highest BCUT2D eigenvalue weighted by atomic mass is 32.2. The number of anilines is 2. The molecule has 1 aliphatic heterocycles. The number of carbonyl (C=O) groups excluding carboxylic acids is 1. The molecule has 1 N–H and O–H groups in total. The molecule has 132 valence electrons. The zero-order chi connectivity index (χ0) is 18.2. The second kappa shape index (κ2) is 6.72. The summed E-state index contributed by atoms with van der Waals surface area (Å²) >= 11 is 1.57. The molecule has 1 aliphatic rings. The van der Waals surface area contributed by atoms with Gasteiger partial charge in [0.05, 0.1) is 16.3 Å². The smallest absolute Gasteiger partial charge is 0.264 e. The first-order valence-corrected chi connectivity index (χ1v) is 10.3. The second-order valence-electron chi connectivity index (χ2n) is 6.15. The summed E-state index contributed by atoms with van der Waals surface area (Å²) in [5, 5.41) is 2.96. The Morgan fingerprint density at radius 3 is 2.68 bits per heavy atom. The van der Waals surface area contributed by atoms with E-state index in [1.54, 1.807) is 36.0 Å². The van der Waals surface area contributed by atoms with Crippen LogP contribution in [0.5, 0.6) is 0 Å². The maximum atomic E-state index is 13.0. The van der Waals surface area contributed by atoms with Crippen LogP contribution in [0.15, 0.2) is 52.3 Å². The molecule has 1 heterocycles. The Balaban J connectivity index is 1.99. The lowest BCUT2D eigenvalue weighted by Gasteiger charge is -2.20. The number of hydrogen-bond acceptors (Lipinski definition) is 4. The average molecular weight is 377 g/mol. The fraction of sp³-hybridized carbons (Fsp3) is 0.278. The number of rotatable bonds is 3. The fourth-order valence-electron chi connectivity index (χ4n) is 2.71. The van der Waals surface area contributed by atoms with E-state index in [9.17, 15) is 13.2 Å². The van der Waals surface area contributed by atoms with Crippen molar-refractivity contribution in [2.75, 3.05) is 16.7 Å². The lowest BCUT2D eigenvalue weighted by molar-refractivity contribution is -0.116. The van der Waals surface area contributed by atoms with Gasteiger partial charge in [-0.2, -0.15) is 0 Å². The van der Waals surface area contributed by atoms with Gasteiger partial charge in [-0.3, -0.25) is 9.10 Å². The van der Waals surface area contributed by atoms with Crippen LogP contribution in [0.1, 0.15) is 18.9 Å². The SMILES string of the molecule is Cc1cccc(N(C)S(=O)(=O)c2ccc3c(c2)NC(=O)CC(C)S3)c1. The molecule has 0 saturated heterocycles. The van der Waals surface area contributed by atoms with Crippen molar-refractivity contribution >= 4 is 39.1 Å². The highest BCUT2D eigenvalue weighted by molar-refractivity contribution is 8.00. The van der Waals surface area contributed by atoms with Crippen LogP contribution in [0.3, 0.4) is 0 Å². The minimum Gasteiger partial charge on any atom is -0.325 e. The molecule has 0 bridgehead atoms. The van der Waals surface area contributed by atoms with E-state index in [-0.39, 0.29) is 16.1 Å². The first-order valence-electron chi connectivity index (χ1n) is 7.93. The van der Waals surface area contributed by atoms with Gasteiger partial charge in [-0.1, -0.05) is 19.1 Å². The Labute approximate surface area is 152 Å². The van der Waals surface area contributed by atoms with Crippen LogP contribution in [0.2, 0.25) is 0 Å². The van der Waals surface area contributed by atoms with E-state index in [1.165, 1.54) is 11.4 Å². The summed E-state index contributed by atoms with van der Waals surface area (Å²) in [6, 6.07) is 12.2. The molecule has 1 atom stereocenters. The Hall–Kier alpha value is -1.99. The topological polar surface area (TPSA) is 66.5 Å². The molecule has 1 unspecified atom stereocenters. The van der Waals surface area contributed by atoms with E-state index in [1.807, 2.05) is 32.0 Å². The summed E-state index contributed by atoms with van der Waals surface area (Å²) < 4.78 is 27.2. The van der Waals surface area contributed by atoms with Crippen LogP contribution in [0, 0.1) is 6.92 Å². The number of carbonyl (C=O) groups is 1. The molecule has 3 rings (SSSR count). The van der Waals surface area contributed by atoms with Crippen LogP contribution >= 0.6 is 11.8 Å². The van der Waals surface area contributed by atoms with Crippen LogP contribution in [-0.2, 0) is 14.8 Å². The van der Waals surface area contributed by atoms with Crippen molar-refractivity contribution in [3.63, 3.8) is 0 Å². The number of sulfonamides is 1. The standard InChI is InChI=1S/C18H20N2O3S2/c1-12-5-4-6-14(9-12)20(3)25(22,23)15-7-8-17-16(11-15)19-18(21)10-13(2)24-17/h4-9,11,13H,10H2,1-3H3,(H,19,21). The molecule has 0 aliphatic carbocycles. The minimum atomic E-state index is -3.71. The van der Waals surface area contributed by atoms with Crippen molar-refractivity contribution in [2.24, 2.45) is 0 Å². The molecule has 0 fully saturated rings. The molecular formula is C18H20N2O3S2. The summed E-state index contributed by atoms with van der Waals surface area (Å²) in [5.74, 6) is -0.0969. The quantitative estimate of drug-likeness (QED) is 0.888. The highest BCUT2D eigenvalue weighted by Gasteiger charge is 2.25. The van der Waals surface area contributed by atoms with Crippen molar-refractivity contribution in [3.05, 3.63) is 48.0 Å². The molecule has 0 radical (unpaired) electrons. The number of benzene rings is 2. The van der Waals surface area contributed by atoms with Gasteiger partial charge in [0.1, 0.15) is 0 Å². The molecule has 0 spiro atoms. The number of fused-ring (bicyclic) bond motifs is 1. The molecule has 5 nitrogen and oxygen atoms in total.